The van der Waals surface area contributed by atoms with E-state index in [9.17, 15) is 8.42 Å². The fraction of sp³-hybridized carbons (Fsp3) is 0.312. The van der Waals surface area contributed by atoms with Crippen LogP contribution in [0.2, 0.25) is 0 Å². The lowest BCUT2D eigenvalue weighted by Crippen LogP contribution is -2.49. The number of aromatic nitrogens is 5. The monoisotopic (exact) mass is 373 g/mol. The third kappa shape index (κ3) is 2.97. The van der Waals surface area contributed by atoms with E-state index in [0.717, 1.165) is 11.3 Å². The van der Waals surface area contributed by atoms with Crippen LogP contribution in [-0.2, 0) is 17.1 Å². The maximum atomic E-state index is 12.9. The van der Waals surface area contributed by atoms with Gasteiger partial charge in [0.25, 0.3) is 0 Å². The summed E-state index contributed by atoms with van der Waals surface area (Å²) in [6.45, 7) is 1.96. The molecule has 0 amide bonds. The molecule has 136 valence electrons. The van der Waals surface area contributed by atoms with Gasteiger partial charge in [-0.25, -0.2) is 13.5 Å². The number of nitrogens with one attached hydrogen (secondary N) is 1. The molecule has 9 nitrogen and oxygen atoms in total. The summed E-state index contributed by atoms with van der Waals surface area (Å²) in [5.41, 5.74) is 1.87. The zero-order valence-corrected chi connectivity index (χ0v) is 15.1. The summed E-state index contributed by atoms with van der Waals surface area (Å²) in [7, 11) is -1.66. The van der Waals surface area contributed by atoms with E-state index in [0.29, 0.717) is 37.0 Å². The molecule has 10 heteroatoms. The van der Waals surface area contributed by atoms with Gasteiger partial charge >= 0.3 is 0 Å². The van der Waals surface area contributed by atoms with Crippen molar-refractivity contribution in [2.75, 3.05) is 31.1 Å². The van der Waals surface area contributed by atoms with Gasteiger partial charge in [-0.2, -0.15) is 19.5 Å². The highest BCUT2D eigenvalue weighted by Crippen LogP contribution is 2.23. The molecule has 0 spiro atoms. The molecule has 4 rings (SSSR count). The van der Waals surface area contributed by atoms with Crippen LogP contribution in [0.25, 0.3) is 11.3 Å². The Hall–Kier alpha value is -2.72. The summed E-state index contributed by atoms with van der Waals surface area (Å²) in [6, 6.07) is 8.83. The smallest absolute Gasteiger partial charge is 0.243 e. The summed E-state index contributed by atoms with van der Waals surface area (Å²) in [6.07, 6.45) is 3.16. The second-order valence-electron chi connectivity index (χ2n) is 6.06. The standard InChI is InChI=1S/C16H19N7O2S/c1-21-15(6-7-19-21)13-2-4-14(5-3-13)26(24,25)23-10-8-22(9-11-23)16-17-12-18-20-16/h2-7,12H,8-11H2,1H3,(H,17,18,20). The first kappa shape index (κ1) is 16.7. The number of aromatic amines is 1. The van der Waals surface area contributed by atoms with Crippen molar-refractivity contribution in [3.8, 4) is 11.3 Å². The van der Waals surface area contributed by atoms with Crippen molar-refractivity contribution >= 4 is 16.0 Å². The van der Waals surface area contributed by atoms with E-state index in [1.165, 1.54) is 10.6 Å². The number of piperazine rings is 1. The molecular weight excluding hydrogens is 354 g/mol. The summed E-state index contributed by atoms with van der Waals surface area (Å²) in [5, 5.41) is 10.8. The van der Waals surface area contributed by atoms with Crippen LogP contribution in [0.4, 0.5) is 5.95 Å². The predicted molar refractivity (Wildman–Crippen MR) is 96.0 cm³/mol. The SMILES string of the molecule is Cn1nccc1-c1ccc(S(=O)(=O)N2CCN(c3ncn[nH]3)CC2)cc1. The van der Waals surface area contributed by atoms with Gasteiger partial charge in [0.2, 0.25) is 16.0 Å². The Labute approximate surface area is 151 Å². The van der Waals surface area contributed by atoms with Crippen LogP contribution in [0.15, 0.2) is 47.8 Å². The van der Waals surface area contributed by atoms with Crippen molar-refractivity contribution < 1.29 is 8.42 Å². The number of aryl methyl sites for hydroxylation is 1. The highest BCUT2D eigenvalue weighted by Gasteiger charge is 2.29. The van der Waals surface area contributed by atoms with Gasteiger partial charge in [-0.15, -0.1) is 0 Å². The van der Waals surface area contributed by atoms with Crippen molar-refractivity contribution in [1.29, 1.82) is 0 Å². The van der Waals surface area contributed by atoms with Crippen molar-refractivity contribution in [1.82, 2.24) is 29.3 Å². The largest absolute Gasteiger partial charge is 0.339 e. The maximum Gasteiger partial charge on any atom is 0.243 e. The Morgan fingerprint density at radius 2 is 1.77 bits per heavy atom. The third-order valence-corrected chi connectivity index (χ3v) is 6.46. The van der Waals surface area contributed by atoms with Gasteiger partial charge in [0.15, 0.2) is 0 Å². The van der Waals surface area contributed by atoms with Crippen LogP contribution >= 0.6 is 0 Å². The Morgan fingerprint density at radius 3 is 2.35 bits per heavy atom. The lowest BCUT2D eigenvalue weighted by atomic mass is 10.1. The van der Waals surface area contributed by atoms with Gasteiger partial charge in [-0.05, 0) is 23.8 Å². The van der Waals surface area contributed by atoms with E-state index in [4.69, 9.17) is 0 Å². The number of H-pyrrole nitrogens is 1. The number of sulfonamides is 1. The van der Waals surface area contributed by atoms with Crippen LogP contribution in [0.1, 0.15) is 0 Å². The lowest BCUT2D eigenvalue weighted by Gasteiger charge is -2.33. The van der Waals surface area contributed by atoms with Gasteiger partial charge in [-0.1, -0.05) is 12.1 Å². The van der Waals surface area contributed by atoms with E-state index in [-0.39, 0.29) is 0 Å². The van der Waals surface area contributed by atoms with E-state index >= 15 is 0 Å². The van der Waals surface area contributed by atoms with E-state index < -0.39 is 10.0 Å². The Kier molecular flexibility index (Phi) is 4.21. The van der Waals surface area contributed by atoms with Crippen LogP contribution < -0.4 is 4.90 Å². The van der Waals surface area contributed by atoms with Crippen molar-refractivity contribution in [2.45, 2.75) is 4.90 Å². The third-order valence-electron chi connectivity index (χ3n) is 4.55. The molecule has 1 aliphatic heterocycles. The van der Waals surface area contributed by atoms with Crippen molar-refractivity contribution in [2.24, 2.45) is 7.05 Å². The summed E-state index contributed by atoms with van der Waals surface area (Å²) in [4.78, 5) is 6.40. The summed E-state index contributed by atoms with van der Waals surface area (Å²) >= 11 is 0. The molecule has 2 aromatic heterocycles. The van der Waals surface area contributed by atoms with E-state index in [1.54, 1.807) is 23.0 Å². The average molecular weight is 373 g/mol. The molecule has 0 atom stereocenters. The van der Waals surface area contributed by atoms with Gasteiger partial charge in [-0.3, -0.25) is 4.68 Å². The Balaban J connectivity index is 1.49. The number of rotatable bonds is 4. The quantitative estimate of drug-likeness (QED) is 0.723. The molecule has 0 radical (unpaired) electrons. The summed E-state index contributed by atoms with van der Waals surface area (Å²) < 4.78 is 29.1. The number of hydrogen-bond acceptors (Lipinski definition) is 6. The second-order valence-corrected chi connectivity index (χ2v) is 8.00. The van der Waals surface area contributed by atoms with E-state index in [2.05, 4.69) is 20.3 Å². The second kappa shape index (κ2) is 6.54. The minimum atomic E-state index is -3.51. The molecule has 0 saturated carbocycles. The molecule has 0 bridgehead atoms. The number of benzene rings is 1. The zero-order chi connectivity index (χ0) is 18.1. The number of hydrogen-bond donors (Lipinski definition) is 1. The van der Waals surface area contributed by atoms with Gasteiger partial charge in [0, 0.05) is 39.4 Å². The number of nitrogens with zero attached hydrogens (tertiary/aromatic N) is 6. The molecule has 1 aromatic carbocycles. The minimum Gasteiger partial charge on any atom is -0.339 e. The molecule has 3 heterocycles. The number of anilines is 1. The molecule has 1 N–H and O–H groups in total. The van der Waals surface area contributed by atoms with Gasteiger partial charge in [0.1, 0.15) is 6.33 Å². The minimum absolute atomic E-state index is 0.302. The molecule has 0 unspecified atom stereocenters. The fourth-order valence-corrected chi connectivity index (χ4v) is 4.52. The molecule has 1 aliphatic rings. The van der Waals surface area contributed by atoms with Gasteiger partial charge < -0.3 is 4.90 Å². The first-order valence-corrected chi connectivity index (χ1v) is 9.68. The van der Waals surface area contributed by atoms with Crippen LogP contribution in [0.3, 0.4) is 0 Å². The van der Waals surface area contributed by atoms with Gasteiger partial charge in [0.05, 0.1) is 10.6 Å². The predicted octanol–water partition coefficient (Wildman–Crippen LogP) is 0.716. The molecular formula is C16H19N7O2S. The zero-order valence-electron chi connectivity index (χ0n) is 14.3. The van der Waals surface area contributed by atoms with Crippen LogP contribution in [0, 0.1) is 0 Å². The normalized spacial score (nSPS) is 16.1. The first-order valence-electron chi connectivity index (χ1n) is 8.24. The topological polar surface area (TPSA) is 100 Å². The summed E-state index contributed by atoms with van der Waals surface area (Å²) in [5.74, 6) is 0.669. The fourth-order valence-electron chi connectivity index (χ4n) is 3.10. The Morgan fingerprint density at radius 1 is 1.04 bits per heavy atom. The van der Waals surface area contributed by atoms with E-state index in [1.807, 2.05) is 30.1 Å². The Bertz CT molecular complexity index is 972. The average Bonchev–Trinajstić information content (AvgIpc) is 3.34. The van der Waals surface area contributed by atoms with Crippen molar-refractivity contribution in [3.63, 3.8) is 0 Å². The molecule has 0 aliphatic carbocycles. The molecule has 26 heavy (non-hydrogen) atoms. The first-order chi connectivity index (χ1) is 12.6. The molecule has 3 aromatic rings. The maximum absolute atomic E-state index is 12.9. The molecule has 1 saturated heterocycles. The van der Waals surface area contributed by atoms with Crippen LogP contribution in [-0.4, -0.2) is 63.9 Å². The van der Waals surface area contributed by atoms with Crippen molar-refractivity contribution in [3.05, 3.63) is 42.9 Å². The highest BCUT2D eigenvalue weighted by atomic mass is 32.2. The molecule has 1 fully saturated rings. The van der Waals surface area contributed by atoms with Crippen LogP contribution in [0.5, 0.6) is 0 Å². The highest BCUT2D eigenvalue weighted by molar-refractivity contribution is 7.89. The lowest BCUT2D eigenvalue weighted by molar-refractivity contribution is 0.382.